The van der Waals surface area contributed by atoms with E-state index < -0.39 is 11.7 Å². The molecule has 5 nitrogen and oxygen atoms in total. The predicted octanol–water partition coefficient (Wildman–Crippen LogP) is 6.23. The van der Waals surface area contributed by atoms with Gasteiger partial charge in [-0.05, 0) is 85.5 Å². The number of ether oxygens (including phenoxy) is 1. The van der Waals surface area contributed by atoms with Crippen LogP contribution in [0.2, 0.25) is 0 Å². The van der Waals surface area contributed by atoms with Gasteiger partial charge in [0.05, 0.1) is 11.6 Å². The maximum Gasteiger partial charge on any atom is 0.416 e. The van der Waals surface area contributed by atoms with Crippen molar-refractivity contribution < 1.29 is 27.8 Å². The minimum atomic E-state index is -4.45. The van der Waals surface area contributed by atoms with E-state index in [0.717, 1.165) is 62.9 Å². The maximum absolute atomic E-state index is 13.4. The van der Waals surface area contributed by atoms with E-state index in [4.69, 9.17) is 4.74 Å². The normalized spacial score (nSPS) is 27.5. The molecule has 3 aromatic rings. The van der Waals surface area contributed by atoms with E-state index in [1.54, 1.807) is 24.1 Å². The molecule has 1 saturated carbocycles. The van der Waals surface area contributed by atoms with Gasteiger partial charge in [0.2, 0.25) is 5.91 Å². The summed E-state index contributed by atoms with van der Waals surface area (Å²) >= 11 is 0. The van der Waals surface area contributed by atoms with E-state index in [0.29, 0.717) is 23.3 Å². The fraction of sp³-hybridized carbons (Fsp3) is 0.400. The summed E-state index contributed by atoms with van der Waals surface area (Å²) in [7, 11) is 1.75. The number of likely N-dealkylation sites (tertiary alicyclic amines) is 1. The molecular weight excluding hydrogens is 553 g/mol. The number of aromatic hydroxyl groups is 1. The quantitative estimate of drug-likeness (QED) is 0.347. The highest BCUT2D eigenvalue weighted by atomic mass is 19.4. The first-order chi connectivity index (χ1) is 20.7. The number of amides is 1. The lowest BCUT2D eigenvalue weighted by Gasteiger charge is -2.60. The van der Waals surface area contributed by atoms with Gasteiger partial charge >= 0.3 is 6.18 Å². The Labute approximate surface area is 249 Å². The maximum atomic E-state index is 13.4. The molecule has 3 aromatic carbocycles. The fourth-order valence-corrected chi connectivity index (χ4v) is 8.46. The van der Waals surface area contributed by atoms with Gasteiger partial charge in [-0.15, -0.1) is 0 Å². The number of carbonyl (C=O) groups is 1. The second kappa shape index (κ2) is 10.4. The molecule has 1 N–H and O–H groups in total. The van der Waals surface area contributed by atoms with Crippen molar-refractivity contribution in [3.8, 4) is 11.5 Å². The number of carbonyl (C=O) groups excluding carboxylic acids is 1. The highest BCUT2D eigenvalue weighted by Crippen LogP contribution is 2.64. The first-order valence-electron chi connectivity index (χ1n) is 15.1. The molecular formula is C35H35F3N2O3. The summed E-state index contributed by atoms with van der Waals surface area (Å²) in [5.74, 6) is 0.770. The zero-order chi connectivity index (χ0) is 29.9. The molecule has 2 bridgehead atoms. The average Bonchev–Trinajstić information content (AvgIpc) is 3.36. The first kappa shape index (κ1) is 28.0. The predicted molar refractivity (Wildman–Crippen MR) is 158 cm³/mol. The third-order valence-electron chi connectivity index (χ3n) is 10.4. The summed E-state index contributed by atoms with van der Waals surface area (Å²) in [4.78, 5) is 17.8. The fourth-order valence-electron chi connectivity index (χ4n) is 8.46. The van der Waals surface area contributed by atoms with Crippen molar-refractivity contribution >= 4 is 12.0 Å². The van der Waals surface area contributed by atoms with Gasteiger partial charge in [0.1, 0.15) is 6.10 Å². The van der Waals surface area contributed by atoms with E-state index in [-0.39, 0.29) is 29.2 Å². The van der Waals surface area contributed by atoms with Gasteiger partial charge in [0, 0.05) is 36.7 Å². The third kappa shape index (κ3) is 4.62. The van der Waals surface area contributed by atoms with Crippen molar-refractivity contribution in [2.45, 2.75) is 61.9 Å². The Hall–Kier alpha value is -3.78. The monoisotopic (exact) mass is 588 g/mol. The second-order valence-corrected chi connectivity index (χ2v) is 12.5. The Balaban J connectivity index is 1.16. The molecule has 7 rings (SSSR count). The van der Waals surface area contributed by atoms with Crippen LogP contribution in [-0.2, 0) is 29.2 Å². The molecule has 0 aromatic heterocycles. The molecule has 2 fully saturated rings. The lowest BCUT2D eigenvalue weighted by Crippen LogP contribution is -2.69. The number of phenolic OH excluding ortho intramolecular Hbond substituents is 1. The summed E-state index contributed by atoms with van der Waals surface area (Å²) < 4.78 is 46.2. The summed E-state index contributed by atoms with van der Waals surface area (Å²) in [6.45, 7) is 1.90. The Bertz CT molecular complexity index is 1570. The van der Waals surface area contributed by atoms with Crippen molar-refractivity contribution in [1.29, 1.82) is 0 Å². The molecule has 0 unspecified atom stereocenters. The summed E-state index contributed by atoms with van der Waals surface area (Å²) in [5.41, 5.74) is 2.96. The zero-order valence-corrected chi connectivity index (χ0v) is 24.1. The number of hydrogen-bond acceptors (Lipinski definition) is 4. The number of benzene rings is 3. The van der Waals surface area contributed by atoms with Gasteiger partial charge in [-0.25, -0.2) is 0 Å². The summed E-state index contributed by atoms with van der Waals surface area (Å²) in [6.07, 6.45) is 2.51. The van der Waals surface area contributed by atoms with E-state index in [2.05, 4.69) is 29.2 Å². The number of halogens is 3. The number of piperidine rings is 1. The lowest BCUT2D eigenvalue weighted by molar-refractivity contribution is -0.137. The molecule has 1 amide bonds. The minimum absolute atomic E-state index is 0.142. The Morgan fingerprint density at radius 2 is 1.93 bits per heavy atom. The van der Waals surface area contributed by atoms with E-state index in [9.17, 15) is 23.1 Å². The van der Waals surface area contributed by atoms with Gasteiger partial charge in [0.25, 0.3) is 0 Å². The van der Waals surface area contributed by atoms with Crippen molar-refractivity contribution in [3.63, 3.8) is 0 Å². The van der Waals surface area contributed by atoms with E-state index in [1.807, 2.05) is 12.1 Å². The second-order valence-electron chi connectivity index (χ2n) is 12.5. The van der Waals surface area contributed by atoms with Crippen molar-refractivity contribution in [3.05, 3.63) is 101 Å². The molecule has 43 heavy (non-hydrogen) atoms. The Morgan fingerprint density at radius 3 is 2.72 bits per heavy atom. The number of hydrogen-bond donors (Lipinski definition) is 1. The molecule has 2 aliphatic carbocycles. The minimum Gasteiger partial charge on any atom is -0.504 e. The summed E-state index contributed by atoms with van der Waals surface area (Å²) in [6, 6.07) is 19.4. The van der Waals surface area contributed by atoms with Crippen molar-refractivity contribution in [1.82, 2.24) is 9.80 Å². The standard InChI is InChI=1S/C35H35F3N2O3/c1-39(30(42)15-10-23-8-5-9-25(20-23)35(36,37)38)27-13-12-26-28-21-24-11-14-29(41)32-31(24)34(26,33(27)43-32)17-19-40(28)18-16-22-6-3-2-4-7-22/h2-11,14-15,20,26-28,33,41H,12-13,16-19,21H2,1H3/t26-,27+,28+,33-,34-/m0/s1. The van der Waals surface area contributed by atoms with E-state index >= 15 is 0 Å². The molecule has 1 saturated heterocycles. The van der Waals surface area contributed by atoms with Crippen LogP contribution in [0.3, 0.4) is 0 Å². The van der Waals surface area contributed by atoms with Crippen LogP contribution < -0.4 is 4.74 Å². The number of alkyl halides is 3. The Morgan fingerprint density at radius 1 is 1.12 bits per heavy atom. The number of phenols is 1. The van der Waals surface area contributed by atoms with Crippen LogP contribution in [0.5, 0.6) is 11.5 Å². The van der Waals surface area contributed by atoms with Crippen molar-refractivity contribution in [2.24, 2.45) is 5.92 Å². The first-order valence-corrected chi connectivity index (χ1v) is 15.1. The van der Waals surface area contributed by atoms with Gasteiger partial charge in [-0.2, -0.15) is 13.2 Å². The van der Waals surface area contributed by atoms with Crippen LogP contribution in [0.15, 0.2) is 72.8 Å². The highest BCUT2D eigenvalue weighted by Gasteiger charge is 2.66. The summed E-state index contributed by atoms with van der Waals surface area (Å²) in [5, 5.41) is 10.9. The van der Waals surface area contributed by atoms with Crippen LogP contribution in [-0.4, -0.2) is 59.1 Å². The van der Waals surface area contributed by atoms with E-state index in [1.165, 1.54) is 29.3 Å². The molecule has 8 heteroatoms. The molecule has 0 radical (unpaired) electrons. The largest absolute Gasteiger partial charge is 0.504 e. The van der Waals surface area contributed by atoms with Gasteiger partial charge in [-0.3, -0.25) is 9.69 Å². The Kier molecular flexibility index (Phi) is 6.80. The van der Waals surface area contributed by atoms with Crippen LogP contribution in [0.25, 0.3) is 6.08 Å². The van der Waals surface area contributed by atoms with Crippen LogP contribution >= 0.6 is 0 Å². The molecule has 4 aliphatic rings. The third-order valence-corrected chi connectivity index (χ3v) is 10.4. The molecule has 2 heterocycles. The van der Waals surface area contributed by atoms with Gasteiger partial charge < -0.3 is 14.7 Å². The SMILES string of the molecule is CN(C(=O)C=Cc1cccc(C(F)(F)F)c1)[C@@H]1CC[C@H]2[C@H]3Cc4ccc(O)c5c4[C@@]2(CCN3CCc2ccccc2)[C@H]1O5. The van der Waals surface area contributed by atoms with Crippen molar-refractivity contribution in [2.75, 3.05) is 20.1 Å². The molecule has 224 valence electrons. The number of nitrogens with zero attached hydrogens (tertiary/aromatic N) is 2. The van der Waals surface area contributed by atoms with Crippen LogP contribution in [0, 0.1) is 5.92 Å². The zero-order valence-electron chi connectivity index (χ0n) is 24.1. The molecule has 2 aliphatic heterocycles. The smallest absolute Gasteiger partial charge is 0.416 e. The topological polar surface area (TPSA) is 53.0 Å². The number of rotatable bonds is 6. The molecule has 1 spiro atoms. The molecule has 5 atom stereocenters. The van der Waals surface area contributed by atoms with Crippen LogP contribution in [0.4, 0.5) is 13.2 Å². The number of likely N-dealkylation sites (N-methyl/N-ethyl adjacent to an activating group) is 1. The highest BCUT2D eigenvalue weighted by molar-refractivity contribution is 5.92. The van der Waals surface area contributed by atoms with Gasteiger partial charge in [0.15, 0.2) is 11.5 Å². The van der Waals surface area contributed by atoms with Gasteiger partial charge in [-0.1, -0.05) is 48.5 Å². The lowest BCUT2D eigenvalue weighted by atomic mass is 9.51. The average molecular weight is 589 g/mol. The van der Waals surface area contributed by atoms with Crippen LogP contribution in [0.1, 0.15) is 47.1 Å².